The van der Waals surface area contributed by atoms with Crippen molar-refractivity contribution in [2.24, 2.45) is 5.10 Å². The highest BCUT2D eigenvalue weighted by Gasteiger charge is 2.35. The van der Waals surface area contributed by atoms with Gasteiger partial charge in [-0.2, -0.15) is 9.41 Å². The van der Waals surface area contributed by atoms with Gasteiger partial charge in [-0.3, -0.25) is 4.79 Å². The summed E-state index contributed by atoms with van der Waals surface area (Å²) in [7, 11) is -0.812. The smallest absolute Gasteiger partial charge is 0.245 e. The van der Waals surface area contributed by atoms with Crippen molar-refractivity contribution in [1.29, 1.82) is 0 Å². The van der Waals surface area contributed by atoms with Gasteiger partial charge >= 0.3 is 0 Å². The number of nitrogens with zero attached hydrogens (tertiary/aromatic N) is 3. The van der Waals surface area contributed by atoms with Crippen LogP contribution in [0.2, 0.25) is 0 Å². The van der Waals surface area contributed by atoms with Gasteiger partial charge in [0.05, 0.1) is 26.0 Å². The van der Waals surface area contributed by atoms with Gasteiger partial charge in [-0.25, -0.2) is 17.8 Å². The summed E-state index contributed by atoms with van der Waals surface area (Å²) in [6, 6.07) is 10.6. The topological polar surface area (TPSA) is 88.5 Å². The van der Waals surface area contributed by atoms with E-state index in [1.54, 1.807) is 20.3 Å². The standard InChI is InChI=1S/C23H26FN3O5S/c1-31-20-9-7-16(15-21(20)32-2)19-8-10-23(28)27(25-19)17-11-13-26(14-12-17)33(29,30)22-6-4-3-5-18(22)24/h3-7,9,15,17H,8,10-14H2,1-2H3. The van der Waals surface area contributed by atoms with Crippen molar-refractivity contribution in [3.63, 3.8) is 0 Å². The Morgan fingerprint density at radius 1 is 1.00 bits per heavy atom. The molecular formula is C23H26FN3O5S. The van der Waals surface area contributed by atoms with Crippen molar-refractivity contribution < 1.29 is 27.1 Å². The minimum Gasteiger partial charge on any atom is -0.493 e. The summed E-state index contributed by atoms with van der Waals surface area (Å²) < 4.78 is 51.7. The van der Waals surface area contributed by atoms with Crippen LogP contribution in [0.1, 0.15) is 31.2 Å². The fourth-order valence-electron chi connectivity index (χ4n) is 4.20. The number of amides is 1. The van der Waals surface area contributed by atoms with Gasteiger partial charge < -0.3 is 9.47 Å². The lowest BCUT2D eigenvalue weighted by Gasteiger charge is -2.37. The predicted molar refractivity (Wildman–Crippen MR) is 120 cm³/mol. The number of carbonyl (C=O) groups excluding carboxylic acids is 1. The summed E-state index contributed by atoms with van der Waals surface area (Å²) in [4.78, 5) is 12.3. The molecule has 0 spiro atoms. The normalized spacial score (nSPS) is 18.2. The molecule has 0 N–H and O–H groups in total. The highest BCUT2D eigenvalue weighted by atomic mass is 32.2. The largest absolute Gasteiger partial charge is 0.493 e. The SMILES string of the molecule is COc1ccc(C2=NN(C3CCN(S(=O)(=O)c4ccccc4F)CC3)C(=O)CC2)cc1OC. The molecular weight excluding hydrogens is 449 g/mol. The second kappa shape index (κ2) is 9.48. The fourth-order valence-corrected chi connectivity index (χ4v) is 5.73. The van der Waals surface area contributed by atoms with Crippen molar-refractivity contribution in [3.8, 4) is 11.5 Å². The van der Waals surface area contributed by atoms with Gasteiger partial charge in [0, 0.05) is 31.5 Å². The average Bonchev–Trinajstić information content (AvgIpc) is 2.84. The second-order valence-corrected chi connectivity index (χ2v) is 9.83. The number of benzene rings is 2. The minimum atomic E-state index is -3.94. The van der Waals surface area contributed by atoms with Crippen molar-refractivity contribution in [2.75, 3.05) is 27.3 Å². The van der Waals surface area contributed by atoms with Crippen LogP contribution in [0.15, 0.2) is 52.5 Å². The monoisotopic (exact) mass is 475 g/mol. The van der Waals surface area contributed by atoms with Crippen LogP contribution in [-0.4, -0.2) is 62.7 Å². The molecule has 4 rings (SSSR count). The van der Waals surface area contributed by atoms with E-state index in [0.717, 1.165) is 17.3 Å². The van der Waals surface area contributed by atoms with Gasteiger partial charge in [-0.15, -0.1) is 0 Å². The molecule has 2 aromatic rings. The molecule has 176 valence electrons. The molecule has 1 fully saturated rings. The van der Waals surface area contributed by atoms with Crippen molar-refractivity contribution >= 4 is 21.6 Å². The number of carbonyl (C=O) groups is 1. The number of ether oxygens (including phenoxy) is 2. The Bertz CT molecular complexity index is 1180. The molecule has 2 aliphatic heterocycles. The highest BCUT2D eigenvalue weighted by molar-refractivity contribution is 7.89. The van der Waals surface area contributed by atoms with Gasteiger partial charge in [0.15, 0.2) is 11.5 Å². The maximum Gasteiger partial charge on any atom is 0.245 e. The summed E-state index contributed by atoms with van der Waals surface area (Å²) >= 11 is 0. The average molecular weight is 476 g/mol. The quantitative estimate of drug-likeness (QED) is 0.641. The first kappa shape index (κ1) is 23.2. The van der Waals surface area contributed by atoms with Crippen LogP contribution in [0.25, 0.3) is 0 Å². The predicted octanol–water partition coefficient (Wildman–Crippen LogP) is 3.02. The number of sulfonamides is 1. The lowest BCUT2D eigenvalue weighted by atomic mass is 10.0. The van der Waals surface area contributed by atoms with E-state index < -0.39 is 15.8 Å². The minimum absolute atomic E-state index is 0.0883. The Balaban J connectivity index is 1.51. The van der Waals surface area contributed by atoms with Gasteiger partial charge in [-0.05, 0) is 43.2 Å². The molecule has 10 heteroatoms. The Labute approximate surface area is 192 Å². The van der Waals surface area contributed by atoms with Gasteiger partial charge in [0.1, 0.15) is 10.7 Å². The van der Waals surface area contributed by atoms with E-state index >= 15 is 0 Å². The second-order valence-electron chi connectivity index (χ2n) is 7.92. The van der Waals surface area contributed by atoms with Crippen molar-refractivity contribution in [2.45, 2.75) is 36.6 Å². The number of methoxy groups -OCH3 is 2. The number of halogens is 1. The fraction of sp³-hybridized carbons (Fsp3) is 0.391. The van der Waals surface area contributed by atoms with Crippen LogP contribution in [0.5, 0.6) is 11.5 Å². The van der Waals surface area contributed by atoms with E-state index in [1.165, 1.54) is 27.5 Å². The Morgan fingerprint density at radius 3 is 2.36 bits per heavy atom. The summed E-state index contributed by atoms with van der Waals surface area (Å²) in [5.41, 5.74) is 1.60. The van der Waals surface area contributed by atoms with E-state index in [9.17, 15) is 17.6 Å². The van der Waals surface area contributed by atoms with E-state index in [2.05, 4.69) is 5.10 Å². The molecule has 2 aliphatic rings. The van der Waals surface area contributed by atoms with Crippen LogP contribution >= 0.6 is 0 Å². The van der Waals surface area contributed by atoms with E-state index in [0.29, 0.717) is 37.2 Å². The molecule has 33 heavy (non-hydrogen) atoms. The van der Waals surface area contributed by atoms with Crippen LogP contribution in [-0.2, 0) is 14.8 Å². The molecule has 8 nitrogen and oxygen atoms in total. The molecule has 0 radical (unpaired) electrons. The molecule has 2 heterocycles. The zero-order valence-corrected chi connectivity index (χ0v) is 19.3. The Hall–Kier alpha value is -2.98. The highest BCUT2D eigenvalue weighted by Crippen LogP contribution is 2.31. The third-order valence-electron chi connectivity index (χ3n) is 6.00. The van der Waals surface area contributed by atoms with Crippen LogP contribution in [0, 0.1) is 5.82 Å². The molecule has 0 aromatic heterocycles. The molecule has 0 aliphatic carbocycles. The van der Waals surface area contributed by atoms with Crippen LogP contribution in [0.3, 0.4) is 0 Å². The van der Waals surface area contributed by atoms with Crippen LogP contribution < -0.4 is 9.47 Å². The summed E-state index contributed by atoms with van der Waals surface area (Å²) in [5, 5.41) is 6.11. The summed E-state index contributed by atoms with van der Waals surface area (Å²) in [6.07, 6.45) is 1.66. The zero-order chi connectivity index (χ0) is 23.6. The molecule has 1 amide bonds. The maximum absolute atomic E-state index is 14.1. The number of hydrogen-bond acceptors (Lipinski definition) is 6. The lowest BCUT2D eigenvalue weighted by molar-refractivity contribution is -0.134. The number of rotatable bonds is 6. The van der Waals surface area contributed by atoms with E-state index in [1.807, 2.05) is 12.1 Å². The van der Waals surface area contributed by atoms with Crippen molar-refractivity contribution in [1.82, 2.24) is 9.31 Å². The maximum atomic E-state index is 14.1. The van der Waals surface area contributed by atoms with Gasteiger partial charge in [0.25, 0.3) is 0 Å². The molecule has 0 unspecified atom stereocenters. The lowest BCUT2D eigenvalue weighted by Crippen LogP contribution is -2.48. The number of piperidine rings is 1. The number of hydrogen-bond donors (Lipinski definition) is 0. The summed E-state index contributed by atoms with van der Waals surface area (Å²) in [6.45, 7) is 0.374. The molecule has 1 saturated heterocycles. The number of hydrazone groups is 1. The third-order valence-corrected chi connectivity index (χ3v) is 7.93. The first-order chi connectivity index (χ1) is 15.8. The van der Waals surface area contributed by atoms with E-state index in [4.69, 9.17) is 9.47 Å². The van der Waals surface area contributed by atoms with E-state index in [-0.39, 0.29) is 29.9 Å². The third kappa shape index (κ3) is 4.58. The first-order valence-corrected chi connectivity index (χ1v) is 12.2. The Kier molecular flexibility index (Phi) is 6.66. The Morgan fingerprint density at radius 2 is 1.70 bits per heavy atom. The van der Waals surface area contributed by atoms with Gasteiger partial charge in [0.2, 0.25) is 15.9 Å². The molecule has 2 aromatic carbocycles. The van der Waals surface area contributed by atoms with Crippen LogP contribution in [0.4, 0.5) is 4.39 Å². The van der Waals surface area contributed by atoms with Crippen molar-refractivity contribution in [3.05, 3.63) is 53.8 Å². The zero-order valence-electron chi connectivity index (χ0n) is 18.5. The molecule has 0 atom stereocenters. The summed E-state index contributed by atoms with van der Waals surface area (Å²) in [5.74, 6) is 0.325. The molecule has 0 bridgehead atoms. The first-order valence-electron chi connectivity index (χ1n) is 10.7. The molecule has 0 saturated carbocycles. The van der Waals surface area contributed by atoms with Gasteiger partial charge in [-0.1, -0.05) is 12.1 Å².